The maximum atomic E-state index is 12.1. The highest BCUT2D eigenvalue weighted by Gasteiger charge is 2.59. The van der Waals surface area contributed by atoms with Gasteiger partial charge in [-0.2, -0.15) is 0 Å². The van der Waals surface area contributed by atoms with Gasteiger partial charge in [0.2, 0.25) is 0 Å². The van der Waals surface area contributed by atoms with E-state index in [0.717, 1.165) is 0 Å². The third kappa shape index (κ3) is 1.86. The minimum Gasteiger partial charge on any atom is -0.383 e. The van der Waals surface area contributed by atoms with Crippen molar-refractivity contribution in [3.05, 3.63) is 30.3 Å². The highest BCUT2D eigenvalue weighted by molar-refractivity contribution is 7.92. The maximum Gasteiger partial charge on any atom is 0.183 e. The molecule has 0 heterocycles. The summed E-state index contributed by atoms with van der Waals surface area (Å²) in [4.78, 5) is 0.337. The lowest BCUT2D eigenvalue weighted by molar-refractivity contribution is 0.173. The van der Waals surface area contributed by atoms with Crippen LogP contribution in [-0.2, 0) is 14.6 Å². The van der Waals surface area contributed by atoms with E-state index in [1.807, 2.05) is 0 Å². The molecule has 1 fully saturated rings. The van der Waals surface area contributed by atoms with Gasteiger partial charge in [-0.25, -0.2) is 8.42 Å². The molecule has 0 saturated heterocycles. The van der Waals surface area contributed by atoms with Crippen LogP contribution in [-0.4, -0.2) is 32.9 Å². The van der Waals surface area contributed by atoms with Gasteiger partial charge in [0.05, 0.1) is 22.3 Å². The van der Waals surface area contributed by atoms with Crippen molar-refractivity contribution >= 4 is 9.84 Å². The van der Waals surface area contributed by atoms with Crippen molar-refractivity contribution in [2.75, 3.05) is 13.7 Å². The van der Waals surface area contributed by atoms with Crippen LogP contribution in [0.4, 0.5) is 0 Å². The van der Waals surface area contributed by atoms with E-state index in [1.54, 1.807) is 30.3 Å². The molecule has 1 aromatic rings. The first-order valence-corrected chi connectivity index (χ1v) is 6.62. The molecule has 1 aliphatic rings. The summed E-state index contributed by atoms with van der Waals surface area (Å²) in [5.41, 5.74) is 5.22. The van der Waals surface area contributed by atoms with Gasteiger partial charge >= 0.3 is 0 Å². The first-order chi connectivity index (χ1) is 7.50. The molecule has 16 heavy (non-hydrogen) atoms. The lowest BCUT2D eigenvalue weighted by Gasteiger charge is -2.10. The van der Waals surface area contributed by atoms with Gasteiger partial charge in [-0.1, -0.05) is 18.2 Å². The monoisotopic (exact) mass is 241 g/mol. The number of hydrogen-bond donors (Lipinski definition) is 1. The number of benzene rings is 1. The molecule has 1 aromatic carbocycles. The summed E-state index contributed by atoms with van der Waals surface area (Å²) in [5.74, 6) is 0. The number of sulfone groups is 1. The van der Waals surface area contributed by atoms with Crippen LogP contribution in [0.15, 0.2) is 35.2 Å². The molecule has 1 saturated carbocycles. The van der Waals surface area contributed by atoms with Crippen LogP contribution in [0.1, 0.15) is 6.42 Å². The molecule has 0 bridgehead atoms. The molecular weight excluding hydrogens is 226 g/mol. The molecule has 88 valence electrons. The predicted molar refractivity (Wildman–Crippen MR) is 60.8 cm³/mol. The Balaban J connectivity index is 2.24. The van der Waals surface area contributed by atoms with Crippen LogP contribution < -0.4 is 5.73 Å². The van der Waals surface area contributed by atoms with Crippen LogP contribution in [0, 0.1) is 0 Å². The normalized spacial score (nSPS) is 29.0. The molecule has 0 aromatic heterocycles. The maximum absolute atomic E-state index is 12.1. The summed E-state index contributed by atoms with van der Waals surface area (Å²) < 4.78 is 29.2. The summed E-state index contributed by atoms with van der Waals surface area (Å²) >= 11 is 0. The van der Waals surface area contributed by atoms with E-state index in [9.17, 15) is 8.42 Å². The fraction of sp³-hybridized carbons (Fsp3) is 0.455. The molecule has 2 atom stereocenters. The molecule has 2 rings (SSSR count). The summed E-state index contributed by atoms with van der Waals surface area (Å²) in [6.07, 6.45) is 0.470. The van der Waals surface area contributed by atoms with E-state index >= 15 is 0 Å². The van der Waals surface area contributed by atoms with Crippen LogP contribution in [0.5, 0.6) is 0 Å². The molecule has 0 aliphatic heterocycles. The van der Waals surface area contributed by atoms with Gasteiger partial charge in [0, 0.05) is 7.11 Å². The van der Waals surface area contributed by atoms with Crippen LogP contribution >= 0.6 is 0 Å². The molecule has 4 nitrogen and oxygen atoms in total. The Bertz CT molecular complexity index is 471. The number of methoxy groups -OCH3 is 1. The molecule has 2 unspecified atom stereocenters. The second kappa shape index (κ2) is 3.84. The van der Waals surface area contributed by atoms with Crippen molar-refractivity contribution in [1.82, 2.24) is 0 Å². The van der Waals surface area contributed by atoms with Crippen LogP contribution in [0.2, 0.25) is 0 Å². The number of nitrogens with two attached hydrogens (primary N) is 1. The zero-order valence-corrected chi connectivity index (χ0v) is 9.91. The largest absolute Gasteiger partial charge is 0.383 e. The van der Waals surface area contributed by atoms with Gasteiger partial charge in [-0.05, 0) is 18.6 Å². The van der Waals surface area contributed by atoms with E-state index in [1.165, 1.54) is 7.11 Å². The highest BCUT2D eigenvalue weighted by Crippen LogP contribution is 2.42. The fourth-order valence-corrected chi connectivity index (χ4v) is 3.98. The SMILES string of the molecule is COCC1(N)CC1S(=O)(=O)c1ccccc1. The van der Waals surface area contributed by atoms with Crippen molar-refractivity contribution in [2.45, 2.75) is 22.1 Å². The Labute approximate surface area is 95.3 Å². The molecule has 5 heteroatoms. The van der Waals surface area contributed by atoms with E-state index in [0.29, 0.717) is 11.3 Å². The molecule has 0 amide bonds. The van der Waals surface area contributed by atoms with E-state index in [-0.39, 0.29) is 6.61 Å². The van der Waals surface area contributed by atoms with Crippen molar-refractivity contribution in [3.63, 3.8) is 0 Å². The lowest BCUT2D eigenvalue weighted by atomic mass is 10.3. The molecular formula is C11H15NO3S. The van der Waals surface area contributed by atoms with Gasteiger partial charge in [0.1, 0.15) is 0 Å². The van der Waals surface area contributed by atoms with Crippen molar-refractivity contribution in [3.8, 4) is 0 Å². The van der Waals surface area contributed by atoms with Crippen molar-refractivity contribution in [1.29, 1.82) is 0 Å². The van der Waals surface area contributed by atoms with Gasteiger partial charge in [-0.3, -0.25) is 0 Å². The number of rotatable bonds is 4. The van der Waals surface area contributed by atoms with Crippen LogP contribution in [0.25, 0.3) is 0 Å². The second-order valence-electron chi connectivity index (χ2n) is 4.22. The van der Waals surface area contributed by atoms with Crippen LogP contribution in [0.3, 0.4) is 0 Å². The average molecular weight is 241 g/mol. The lowest BCUT2D eigenvalue weighted by Crippen LogP contribution is -2.35. The Hall–Kier alpha value is -0.910. The summed E-state index contributed by atoms with van der Waals surface area (Å²) in [6.45, 7) is 0.281. The standard InChI is InChI=1S/C11H15NO3S/c1-15-8-11(12)7-10(11)16(13,14)9-5-3-2-4-6-9/h2-6,10H,7-8,12H2,1H3. The Morgan fingerprint density at radius 2 is 2.06 bits per heavy atom. The third-order valence-electron chi connectivity index (χ3n) is 2.91. The minimum atomic E-state index is -3.30. The first kappa shape index (κ1) is 11.6. The number of hydrogen-bond acceptors (Lipinski definition) is 4. The quantitative estimate of drug-likeness (QED) is 0.837. The Kier molecular flexibility index (Phi) is 2.77. The zero-order valence-electron chi connectivity index (χ0n) is 9.09. The summed E-state index contributed by atoms with van der Waals surface area (Å²) in [5, 5.41) is -0.512. The first-order valence-electron chi connectivity index (χ1n) is 5.07. The average Bonchev–Trinajstić information content (AvgIpc) is 2.93. The fourth-order valence-electron chi connectivity index (χ4n) is 1.90. The Morgan fingerprint density at radius 1 is 1.44 bits per heavy atom. The summed E-state index contributed by atoms with van der Waals surface area (Å²) in [6, 6.07) is 8.41. The van der Waals surface area contributed by atoms with Gasteiger partial charge in [0.15, 0.2) is 9.84 Å². The van der Waals surface area contributed by atoms with Crippen molar-refractivity contribution in [2.24, 2.45) is 5.73 Å². The zero-order chi connectivity index (χ0) is 11.8. The number of ether oxygens (including phenoxy) is 1. The molecule has 0 radical (unpaired) electrons. The molecule has 2 N–H and O–H groups in total. The minimum absolute atomic E-state index is 0.281. The van der Waals surface area contributed by atoms with E-state index < -0.39 is 20.6 Å². The molecule has 1 aliphatic carbocycles. The van der Waals surface area contributed by atoms with Gasteiger partial charge in [-0.15, -0.1) is 0 Å². The smallest absolute Gasteiger partial charge is 0.183 e. The Morgan fingerprint density at radius 3 is 2.62 bits per heavy atom. The summed E-state index contributed by atoms with van der Waals surface area (Å²) in [7, 11) is -1.77. The third-order valence-corrected chi connectivity index (χ3v) is 5.22. The van der Waals surface area contributed by atoms with E-state index in [2.05, 4.69) is 0 Å². The topological polar surface area (TPSA) is 69.4 Å². The van der Waals surface area contributed by atoms with E-state index in [4.69, 9.17) is 10.5 Å². The highest BCUT2D eigenvalue weighted by atomic mass is 32.2. The van der Waals surface area contributed by atoms with Gasteiger partial charge in [0.25, 0.3) is 0 Å². The second-order valence-corrected chi connectivity index (χ2v) is 6.35. The molecule has 0 spiro atoms. The van der Waals surface area contributed by atoms with Gasteiger partial charge < -0.3 is 10.5 Å². The van der Waals surface area contributed by atoms with Crippen molar-refractivity contribution < 1.29 is 13.2 Å². The predicted octanol–water partition coefficient (Wildman–Crippen LogP) is 0.577.